The van der Waals surface area contributed by atoms with E-state index in [2.05, 4.69) is 63.4 Å². The summed E-state index contributed by atoms with van der Waals surface area (Å²) in [5, 5.41) is 19.3. The summed E-state index contributed by atoms with van der Waals surface area (Å²) in [6.45, 7) is 10.8. The second-order valence-electron chi connectivity index (χ2n) is 12.0. The van der Waals surface area contributed by atoms with Gasteiger partial charge in [-0.3, -0.25) is 9.69 Å². The Labute approximate surface area is 230 Å². The number of rotatable bonds is 8. The van der Waals surface area contributed by atoms with Crippen LogP contribution in [0.4, 0.5) is 5.69 Å². The quantitative estimate of drug-likeness (QED) is 0.311. The molecule has 39 heavy (non-hydrogen) atoms. The number of pyridine rings is 1. The molecular weight excluding hydrogens is 490 g/mol. The van der Waals surface area contributed by atoms with Crippen molar-refractivity contribution in [3.8, 4) is 11.3 Å². The number of carbonyl (C=O) groups is 1. The van der Waals surface area contributed by atoms with Crippen molar-refractivity contribution in [3.63, 3.8) is 0 Å². The van der Waals surface area contributed by atoms with E-state index in [9.17, 15) is 9.90 Å². The molecule has 1 aromatic carbocycles. The number of carbonyl (C=O) groups excluding carboxylic acids is 1. The lowest BCUT2D eigenvalue weighted by molar-refractivity contribution is -0.130. The number of H-pyrrole nitrogens is 1. The van der Waals surface area contributed by atoms with Gasteiger partial charge in [-0.2, -0.15) is 5.10 Å². The van der Waals surface area contributed by atoms with Crippen molar-refractivity contribution in [2.24, 2.45) is 0 Å². The summed E-state index contributed by atoms with van der Waals surface area (Å²) in [5.41, 5.74) is 6.58. The highest BCUT2D eigenvalue weighted by Gasteiger charge is 2.25. The number of aromatic nitrogens is 4. The van der Waals surface area contributed by atoms with Crippen molar-refractivity contribution in [1.29, 1.82) is 0 Å². The van der Waals surface area contributed by atoms with E-state index < -0.39 is 5.60 Å². The molecule has 1 fully saturated rings. The van der Waals surface area contributed by atoms with Crippen molar-refractivity contribution in [2.75, 3.05) is 45.6 Å². The third-order valence-electron chi connectivity index (χ3n) is 7.73. The van der Waals surface area contributed by atoms with E-state index in [1.165, 1.54) is 16.5 Å². The SMILES string of the molecule is CC(C)c1c(-c2cc(NCC(C)(C)O)c3ncnn3c2)[nH]c2ccc(C3CCN(CC(=O)N(C)C)CC3)cc12. The number of likely N-dealkylation sites (tertiary alicyclic amines) is 1. The van der Waals surface area contributed by atoms with Crippen LogP contribution in [-0.4, -0.2) is 86.3 Å². The van der Waals surface area contributed by atoms with Gasteiger partial charge in [0.15, 0.2) is 5.65 Å². The Kier molecular flexibility index (Phi) is 7.39. The lowest BCUT2D eigenvalue weighted by Crippen LogP contribution is -2.40. The molecule has 1 aliphatic rings. The minimum atomic E-state index is -0.856. The Morgan fingerprint density at radius 3 is 2.64 bits per heavy atom. The van der Waals surface area contributed by atoms with Crippen LogP contribution in [0.1, 0.15) is 63.5 Å². The Bertz CT molecular complexity index is 1470. The molecule has 0 unspecified atom stereocenters. The number of hydrogen-bond donors (Lipinski definition) is 3. The molecule has 5 rings (SSSR count). The van der Waals surface area contributed by atoms with E-state index in [1.54, 1.807) is 29.6 Å². The minimum absolute atomic E-state index is 0.166. The largest absolute Gasteiger partial charge is 0.389 e. The number of aliphatic hydroxyl groups is 1. The normalized spacial score (nSPS) is 15.5. The smallest absolute Gasteiger partial charge is 0.236 e. The first-order valence-electron chi connectivity index (χ1n) is 13.9. The van der Waals surface area contributed by atoms with Gasteiger partial charge in [0, 0.05) is 43.3 Å². The zero-order valence-electron chi connectivity index (χ0n) is 24.0. The number of piperidine rings is 1. The predicted octanol–water partition coefficient (Wildman–Crippen LogP) is 4.45. The Morgan fingerprint density at radius 1 is 1.23 bits per heavy atom. The third kappa shape index (κ3) is 5.79. The fourth-order valence-corrected chi connectivity index (χ4v) is 5.57. The van der Waals surface area contributed by atoms with Gasteiger partial charge < -0.3 is 20.3 Å². The number of nitrogens with one attached hydrogen (secondary N) is 2. The number of likely N-dealkylation sites (N-methyl/N-ethyl adjacent to an activating group) is 1. The number of amides is 1. The lowest BCUT2D eigenvalue weighted by Gasteiger charge is -2.32. The molecule has 0 radical (unpaired) electrons. The van der Waals surface area contributed by atoms with Crippen LogP contribution < -0.4 is 5.32 Å². The van der Waals surface area contributed by atoms with Crippen LogP contribution in [0.15, 0.2) is 36.8 Å². The number of benzene rings is 1. The Balaban J connectivity index is 1.46. The highest BCUT2D eigenvalue weighted by Crippen LogP contribution is 2.39. The summed E-state index contributed by atoms with van der Waals surface area (Å²) >= 11 is 0. The minimum Gasteiger partial charge on any atom is -0.389 e. The molecule has 0 aliphatic carbocycles. The molecular formula is C30H41N7O2. The van der Waals surface area contributed by atoms with E-state index in [4.69, 9.17) is 0 Å². The van der Waals surface area contributed by atoms with Crippen LogP contribution >= 0.6 is 0 Å². The van der Waals surface area contributed by atoms with Crippen molar-refractivity contribution < 1.29 is 9.90 Å². The van der Waals surface area contributed by atoms with Crippen LogP contribution in [0.3, 0.4) is 0 Å². The molecule has 9 nitrogen and oxygen atoms in total. The van der Waals surface area contributed by atoms with Gasteiger partial charge >= 0.3 is 0 Å². The summed E-state index contributed by atoms with van der Waals surface area (Å²) in [5.74, 6) is 0.962. The molecule has 0 spiro atoms. The number of anilines is 1. The predicted molar refractivity (Wildman–Crippen MR) is 156 cm³/mol. The van der Waals surface area contributed by atoms with Crippen molar-refractivity contribution in [2.45, 2.75) is 58.0 Å². The summed E-state index contributed by atoms with van der Waals surface area (Å²) in [6, 6.07) is 8.94. The maximum Gasteiger partial charge on any atom is 0.236 e. The monoisotopic (exact) mass is 531 g/mol. The van der Waals surface area contributed by atoms with Crippen LogP contribution in [0.2, 0.25) is 0 Å². The Morgan fingerprint density at radius 2 is 1.97 bits per heavy atom. The Hall–Kier alpha value is -3.43. The van der Waals surface area contributed by atoms with Crippen LogP contribution in [0.25, 0.3) is 27.8 Å². The van der Waals surface area contributed by atoms with E-state index >= 15 is 0 Å². The first-order valence-corrected chi connectivity index (χ1v) is 13.9. The standard InChI is InChI=1S/C30H41N7O2/c1-19(2)27-23-13-21(20-9-11-36(12-10-20)16-26(38)35(5)6)7-8-24(23)34-28(27)22-14-25(31-17-30(3,4)39)29-32-18-33-37(29)15-22/h7-8,13-15,18-20,31,34,39H,9-12,16-17H2,1-6H3. The molecule has 4 aromatic rings. The van der Waals surface area contributed by atoms with Crippen LogP contribution in [0.5, 0.6) is 0 Å². The highest BCUT2D eigenvalue weighted by molar-refractivity contribution is 5.92. The summed E-state index contributed by atoms with van der Waals surface area (Å²) in [7, 11) is 3.64. The molecule has 0 bridgehead atoms. The highest BCUT2D eigenvalue weighted by atomic mass is 16.3. The molecule has 9 heteroatoms. The summed E-state index contributed by atoms with van der Waals surface area (Å²) in [6.07, 6.45) is 5.68. The second-order valence-corrected chi connectivity index (χ2v) is 12.0. The molecule has 0 saturated carbocycles. The first-order chi connectivity index (χ1) is 18.5. The summed E-state index contributed by atoms with van der Waals surface area (Å²) < 4.78 is 1.79. The van der Waals surface area contributed by atoms with Crippen LogP contribution in [-0.2, 0) is 4.79 Å². The fraction of sp³-hybridized carbons (Fsp3) is 0.500. The van der Waals surface area contributed by atoms with E-state index in [0.29, 0.717) is 24.9 Å². The van der Waals surface area contributed by atoms with Crippen molar-refractivity contribution >= 4 is 28.1 Å². The molecule has 4 heterocycles. The van der Waals surface area contributed by atoms with Gasteiger partial charge in [0.25, 0.3) is 0 Å². The second kappa shape index (κ2) is 10.6. The molecule has 3 aromatic heterocycles. The zero-order chi connectivity index (χ0) is 27.9. The third-order valence-corrected chi connectivity index (χ3v) is 7.73. The zero-order valence-corrected chi connectivity index (χ0v) is 24.0. The molecule has 1 aliphatic heterocycles. The van der Waals surface area contributed by atoms with Gasteiger partial charge in [0.05, 0.1) is 23.5 Å². The van der Waals surface area contributed by atoms with Gasteiger partial charge in [-0.1, -0.05) is 19.9 Å². The maximum absolute atomic E-state index is 12.1. The number of nitrogens with zero attached hydrogens (tertiary/aromatic N) is 5. The molecule has 0 atom stereocenters. The number of aromatic amines is 1. The van der Waals surface area contributed by atoms with E-state index in [-0.39, 0.29) is 5.91 Å². The van der Waals surface area contributed by atoms with E-state index in [1.807, 2.05) is 20.3 Å². The van der Waals surface area contributed by atoms with Gasteiger partial charge in [-0.05, 0) is 80.9 Å². The van der Waals surface area contributed by atoms with Gasteiger partial charge in [-0.25, -0.2) is 9.50 Å². The average Bonchev–Trinajstić information content (AvgIpc) is 3.51. The number of hydrogen-bond acceptors (Lipinski definition) is 6. The topological polar surface area (TPSA) is 102 Å². The molecule has 1 saturated heterocycles. The molecule has 3 N–H and O–H groups in total. The maximum atomic E-state index is 12.1. The average molecular weight is 532 g/mol. The van der Waals surface area contributed by atoms with Crippen molar-refractivity contribution in [1.82, 2.24) is 29.4 Å². The van der Waals surface area contributed by atoms with Gasteiger partial charge in [-0.15, -0.1) is 0 Å². The molecule has 208 valence electrons. The van der Waals surface area contributed by atoms with Crippen LogP contribution in [0, 0.1) is 0 Å². The van der Waals surface area contributed by atoms with E-state index in [0.717, 1.165) is 54.0 Å². The number of fused-ring (bicyclic) bond motifs is 2. The lowest BCUT2D eigenvalue weighted by atomic mass is 9.87. The first kappa shape index (κ1) is 27.1. The van der Waals surface area contributed by atoms with Gasteiger partial charge in [0.2, 0.25) is 5.91 Å². The summed E-state index contributed by atoms with van der Waals surface area (Å²) in [4.78, 5) is 24.2. The fourth-order valence-electron chi connectivity index (χ4n) is 5.57. The van der Waals surface area contributed by atoms with Gasteiger partial charge in [0.1, 0.15) is 6.33 Å². The van der Waals surface area contributed by atoms with Crippen molar-refractivity contribution in [3.05, 3.63) is 47.9 Å². The molecule has 1 amide bonds.